The molecule has 1 heterocycles. The summed E-state index contributed by atoms with van der Waals surface area (Å²) in [6, 6.07) is 1.46. The Morgan fingerprint density at radius 3 is 2.79 bits per heavy atom. The van der Waals surface area contributed by atoms with Gasteiger partial charge in [-0.1, -0.05) is 19.3 Å². The Morgan fingerprint density at radius 2 is 2.16 bits per heavy atom. The molecule has 1 fully saturated rings. The van der Waals surface area contributed by atoms with Crippen molar-refractivity contribution in [1.82, 2.24) is 4.98 Å². The van der Waals surface area contributed by atoms with E-state index in [2.05, 4.69) is 10.3 Å². The van der Waals surface area contributed by atoms with Crippen LogP contribution in [0.5, 0.6) is 0 Å². The van der Waals surface area contributed by atoms with E-state index in [9.17, 15) is 9.18 Å². The van der Waals surface area contributed by atoms with Gasteiger partial charge in [0, 0.05) is 12.6 Å². The molecule has 1 amide bonds. The minimum absolute atomic E-state index is 0.105. The second kappa shape index (κ2) is 6.10. The second-order valence-corrected chi connectivity index (χ2v) is 5.35. The molecule has 4 nitrogen and oxygen atoms in total. The third-order valence-electron chi connectivity index (χ3n) is 3.93. The van der Waals surface area contributed by atoms with E-state index in [0.717, 1.165) is 31.9 Å². The highest BCUT2D eigenvalue weighted by atomic mass is 19.1. The zero-order chi connectivity index (χ0) is 13.7. The van der Waals surface area contributed by atoms with Crippen LogP contribution in [0.25, 0.3) is 0 Å². The van der Waals surface area contributed by atoms with Crippen molar-refractivity contribution in [2.45, 2.75) is 38.5 Å². The van der Waals surface area contributed by atoms with E-state index in [0.29, 0.717) is 13.0 Å². The van der Waals surface area contributed by atoms with Crippen molar-refractivity contribution < 1.29 is 9.18 Å². The number of nitrogens with one attached hydrogen (secondary N) is 1. The molecule has 0 saturated heterocycles. The van der Waals surface area contributed by atoms with E-state index in [-0.39, 0.29) is 17.0 Å². The molecule has 0 atom stereocenters. The average molecular weight is 265 g/mol. The topological polar surface area (TPSA) is 68.0 Å². The van der Waals surface area contributed by atoms with E-state index >= 15 is 0 Å². The Morgan fingerprint density at radius 1 is 1.42 bits per heavy atom. The molecule has 1 aliphatic carbocycles. The summed E-state index contributed by atoms with van der Waals surface area (Å²) in [4.78, 5) is 15.7. The molecule has 19 heavy (non-hydrogen) atoms. The van der Waals surface area contributed by atoms with Crippen molar-refractivity contribution in [3.05, 3.63) is 24.3 Å². The van der Waals surface area contributed by atoms with Gasteiger partial charge in [-0.15, -0.1) is 0 Å². The maximum atomic E-state index is 13.4. The molecule has 0 spiro atoms. The number of aromatic nitrogens is 1. The zero-order valence-electron chi connectivity index (χ0n) is 11.0. The molecule has 1 aliphatic rings. The maximum Gasteiger partial charge on any atom is 0.225 e. The lowest BCUT2D eigenvalue weighted by Gasteiger charge is -2.35. The fraction of sp³-hybridized carbons (Fsp3) is 0.571. The molecular weight excluding hydrogens is 245 g/mol. The molecule has 0 aliphatic heterocycles. The zero-order valence-corrected chi connectivity index (χ0v) is 11.0. The van der Waals surface area contributed by atoms with Crippen LogP contribution in [-0.2, 0) is 4.79 Å². The average Bonchev–Trinajstić information content (AvgIpc) is 2.42. The van der Waals surface area contributed by atoms with Crippen molar-refractivity contribution in [3.63, 3.8) is 0 Å². The highest BCUT2D eigenvalue weighted by molar-refractivity contribution is 5.91. The number of hydrogen-bond donors (Lipinski definition) is 2. The molecule has 5 heteroatoms. The lowest BCUT2D eigenvalue weighted by Crippen LogP contribution is -2.36. The quantitative estimate of drug-likeness (QED) is 0.878. The molecule has 0 radical (unpaired) electrons. The first-order valence-electron chi connectivity index (χ1n) is 6.75. The predicted molar refractivity (Wildman–Crippen MR) is 72.0 cm³/mol. The molecule has 1 aromatic heterocycles. The first-order valence-corrected chi connectivity index (χ1v) is 6.75. The smallest absolute Gasteiger partial charge is 0.225 e. The SMILES string of the molecule is NCC1(CC(=O)Nc2ccncc2F)CCCCC1. The van der Waals surface area contributed by atoms with Gasteiger partial charge in [0.2, 0.25) is 5.91 Å². The highest BCUT2D eigenvalue weighted by Crippen LogP contribution is 2.38. The molecule has 0 aromatic carbocycles. The van der Waals surface area contributed by atoms with Crippen LogP contribution >= 0.6 is 0 Å². The van der Waals surface area contributed by atoms with E-state index in [1.165, 1.54) is 18.7 Å². The number of carbonyl (C=O) groups is 1. The van der Waals surface area contributed by atoms with Crippen molar-refractivity contribution in [2.24, 2.45) is 11.1 Å². The number of rotatable bonds is 4. The Balaban J connectivity index is 1.98. The first kappa shape index (κ1) is 13.9. The van der Waals surface area contributed by atoms with Crippen LogP contribution in [0, 0.1) is 11.2 Å². The first-order chi connectivity index (χ1) is 9.15. The minimum Gasteiger partial charge on any atom is -0.330 e. The number of hydrogen-bond acceptors (Lipinski definition) is 3. The van der Waals surface area contributed by atoms with Gasteiger partial charge in [0.05, 0.1) is 11.9 Å². The lowest BCUT2D eigenvalue weighted by molar-refractivity contribution is -0.118. The third-order valence-corrected chi connectivity index (χ3v) is 3.93. The summed E-state index contributed by atoms with van der Waals surface area (Å²) in [6.45, 7) is 0.513. The van der Waals surface area contributed by atoms with Crippen LogP contribution in [0.1, 0.15) is 38.5 Å². The molecule has 0 unspecified atom stereocenters. The summed E-state index contributed by atoms with van der Waals surface area (Å²) >= 11 is 0. The molecule has 1 saturated carbocycles. The van der Waals surface area contributed by atoms with Crippen molar-refractivity contribution >= 4 is 11.6 Å². The van der Waals surface area contributed by atoms with Gasteiger partial charge in [-0.2, -0.15) is 0 Å². The van der Waals surface area contributed by atoms with Gasteiger partial charge in [0.1, 0.15) is 0 Å². The predicted octanol–water partition coefficient (Wildman–Crippen LogP) is 2.46. The van der Waals surface area contributed by atoms with Gasteiger partial charge >= 0.3 is 0 Å². The number of carbonyl (C=O) groups excluding carboxylic acids is 1. The van der Waals surface area contributed by atoms with E-state index in [4.69, 9.17) is 5.73 Å². The van der Waals surface area contributed by atoms with Crippen molar-refractivity contribution in [2.75, 3.05) is 11.9 Å². The summed E-state index contributed by atoms with van der Waals surface area (Å²) < 4.78 is 13.4. The van der Waals surface area contributed by atoms with Crippen LogP contribution in [0.15, 0.2) is 18.5 Å². The highest BCUT2D eigenvalue weighted by Gasteiger charge is 2.33. The van der Waals surface area contributed by atoms with Crippen LogP contribution < -0.4 is 11.1 Å². The molecule has 3 N–H and O–H groups in total. The largest absolute Gasteiger partial charge is 0.330 e. The molecule has 0 bridgehead atoms. The lowest BCUT2D eigenvalue weighted by atomic mass is 9.71. The number of anilines is 1. The van der Waals surface area contributed by atoms with Crippen molar-refractivity contribution in [1.29, 1.82) is 0 Å². The van der Waals surface area contributed by atoms with Crippen LogP contribution in [0.3, 0.4) is 0 Å². The van der Waals surface area contributed by atoms with E-state index in [1.807, 2.05) is 0 Å². The summed E-state index contributed by atoms with van der Waals surface area (Å²) in [5.74, 6) is -0.682. The second-order valence-electron chi connectivity index (χ2n) is 5.35. The van der Waals surface area contributed by atoms with Gasteiger partial charge in [-0.05, 0) is 30.9 Å². The Kier molecular flexibility index (Phi) is 4.47. The Bertz CT molecular complexity index is 444. The van der Waals surface area contributed by atoms with Crippen molar-refractivity contribution in [3.8, 4) is 0 Å². The molecule has 104 valence electrons. The summed E-state index contributed by atoms with van der Waals surface area (Å²) in [5.41, 5.74) is 5.92. The molecular formula is C14H20FN3O. The number of amides is 1. The summed E-state index contributed by atoms with van der Waals surface area (Å²) in [5, 5.41) is 2.61. The summed E-state index contributed by atoms with van der Waals surface area (Å²) in [6.07, 6.45) is 8.33. The monoisotopic (exact) mass is 265 g/mol. The van der Waals surface area contributed by atoms with Gasteiger partial charge < -0.3 is 11.1 Å². The van der Waals surface area contributed by atoms with Gasteiger partial charge in [0.15, 0.2) is 5.82 Å². The van der Waals surface area contributed by atoms with Crippen LogP contribution in [0.2, 0.25) is 0 Å². The summed E-state index contributed by atoms with van der Waals surface area (Å²) in [7, 11) is 0. The van der Waals surface area contributed by atoms with Gasteiger partial charge in [0.25, 0.3) is 0 Å². The molecule has 2 rings (SSSR count). The van der Waals surface area contributed by atoms with Crippen LogP contribution in [-0.4, -0.2) is 17.4 Å². The maximum absolute atomic E-state index is 13.4. The number of nitrogens with two attached hydrogens (primary N) is 1. The van der Waals surface area contributed by atoms with Crippen LogP contribution in [0.4, 0.5) is 10.1 Å². The minimum atomic E-state index is -0.513. The molecule has 1 aromatic rings. The number of halogens is 1. The normalized spacial score (nSPS) is 18.0. The Hall–Kier alpha value is -1.49. The standard InChI is InChI=1S/C14H20FN3O/c15-11-9-17-7-4-12(11)18-13(19)8-14(10-16)5-2-1-3-6-14/h4,7,9H,1-3,5-6,8,10,16H2,(H,17,18,19). The Labute approximate surface area is 112 Å². The van der Waals surface area contributed by atoms with Gasteiger partial charge in [-0.25, -0.2) is 4.39 Å². The third kappa shape index (κ3) is 3.50. The fourth-order valence-corrected chi connectivity index (χ4v) is 2.77. The van der Waals surface area contributed by atoms with Gasteiger partial charge in [-0.3, -0.25) is 9.78 Å². The van der Waals surface area contributed by atoms with E-state index < -0.39 is 5.82 Å². The van der Waals surface area contributed by atoms with E-state index in [1.54, 1.807) is 0 Å². The number of nitrogens with zero attached hydrogens (tertiary/aromatic N) is 1. The number of pyridine rings is 1. The fourth-order valence-electron chi connectivity index (χ4n) is 2.77.